The third-order valence-corrected chi connectivity index (χ3v) is 10.8. The zero-order valence-corrected chi connectivity index (χ0v) is 24.3. The molecule has 4 aliphatic carbocycles. The monoisotopic (exact) mass is 512 g/mol. The minimum absolute atomic E-state index is 0.128. The first-order valence-corrected chi connectivity index (χ1v) is 14.6. The number of carbonyl (C=O) groups excluding carboxylic acids is 3. The van der Waals surface area contributed by atoms with Gasteiger partial charge in [0, 0.05) is 25.8 Å². The maximum absolute atomic E-state index is 14.1. The molecule has 0 radical (unpaired) electrons. The van der Waals surface area contributed by atoms with E-state index in [-0.39, 0.29) is 52.6 Å². The van der Waals surface area contributed by atoms with Gasteiger partial charge in [0.2, 0.25) is 0 Å². The minimum Gasteiger partial charge on any atom is -0.463 e. The molecule has 9 atom stereocenters. The maximum Gasteiger partial charge on any atom is 0.303 e. The fraction of sp³-hybridized carbons (Fsp3) is 0.781. The number of hydrogen-bond donors (Lipinski definition) is 0. The van der Waals surface area contributed by atoms with Gasteiger partial charge in [-0.05, 0) is 90.4 Å². The number of Topliss-reactive ketones (excluding diaryl/α,β-unsaturated/α-hetero) is 1. The van der Waals surface area contributed by atoms with Crippen molar-refractivity contribution in [3.8, 4) is 0 Å². The van der Waals surface area contributed by atoms with Gasteiger partial charge < -0.3 is 9.47 Å². The highest BCUT2D eigenvalue weighted by Gasteiger charge is 2.61. The van der Waals surface area contributed by atoms with Crippen LogP contribution in [0.2, 0.25) is 0 Å². The van der Waals surface area contributed by atoms with Gasteiger partial charge in [-0.25, -0.2) is 0 Å². The summed E-state index contributed by atoms with van der Waals surface area (Å²) in [7, 11) is 0. The number of hydrogen-bond acceptors (Lipinski definition) is 5. The van der Waals surface area contributed by atoms with E-state index in [0.29, 0.717) is 36.5 Å². The Hall–Kier alpha value is -1.91. The van der Waals surface area contributed by atoms with E-state index in [2.05, 4.69) is 53.7 Å². The van der Waals surface area contributed by atoms with E-state index < -0.39 is 0 Å². The highest BCUT2D eigenvalue weighted by atomic mass is 16.5. The van der Waals surface area contributed by atoms with E-state index in [1.807, 2.05) is 0 Å². The van der Waals surface area contributed by atoms with Crippen molar-refractivity contribution in [2.45, 2.75) is 113 Å². The number of esters is 2. The van der Waals surface area contributed by atoms with Crippen LogP contribution >= 0.6 is 0 Å². The normalized spacial score (nSPS) is 39.2. The Bertz CT molecular complexity index is 991. The molecule has 0 saturated heterocycles. The Balaban J connectivity index is 1.70. The van der Waals surface area contributed by atoms with Gasteiger partial charge in [-0.3, -0.25) is 14.4 Å². The van der Waals surface area contributed by atoms with Gasteiger partial charge in [0.25, 0.3) is 0 Å². The van der Waals surface area contributed by atoms with Crippen LogP contribution in [-0.4, -0.2) is 29.9 Å². The number of allylic oxidation sites excluding steroid dienone is 3. The van der Waals surface area contributed by atoms with Crippen LogP contribution < -0.4 is 0 Å². The zero-order chi connectivity index (χ0) is 27.3. The Morgan fingerprint density at radius 1 is 0.946 bits per heavy atom. The van der Waals surface area contributed by atoms with Crippen LogP contribution in [0.5, 0.6) is 0 Å². The molecule has 0 N–H and O–H groups in total. The quantitative estimate of drug-likeness (QED) is 0.288. The Kier molecular flexibility index (Phi) is 7.85. The smallest absolute Gasteiger partial charge is 0.303 e. The SMILES string of the molecule is CC(=O)OC1CCC2(C)C3=C(C4CCC([C@H](C)/C=C/[C@H](C)C(C)C)C4(C)CC3=O)[C@H](OC(C)=O)C[C@H]2C1. The molecule has 5 nitrogen and oxygen atoms in total. The second-order valence-corrected chi connectivity index (χ2v) is 13.5. The third kappa shape index (κ3) is 5.08. The van der Waals surface area contributed by atoms with Crippen molar-refractivity contribution in [1.82, 2.24) is 0 Å². The summed E-state index contributed by atoms with van der Waals surface area (Å²) in [6.45, 7) is 16.6. The molecule has 0 aliphatic heterocycles. The predicted molar refractivity (Wildman–Crippen MR) is 144 cm³/mol. The molecule has 2 saturated carbocycles. The predicted octanol–water partition coefficient (Wildman–Crippen LogP) is 6.85. The number of rotatable bonds is 6. The van der Waals surface area contributed by atoms with Gasteiger partial charge in [-0.2, -0.15) is 0 Å². The summed E-state index contributed by atoms with van der Waals surface area (Å²) in [6, 6.07) is 0. The molecule has 5 heteroatoms. The molecule has 4 aliphatic rings. The summed E-state index contributed by atoms with van der Waals surface area (Å²) in [5.74, 6) is 2.07. The molecule has 0 spiro atoms. The summed E-state index contributed by atoms with van der Waals surface area (Å²) in [6.07, 6.45) is 9.98. The van der Waals surface area contributed by atoms with Crippen LogP contribution in [0.15, 0.2) is 23.3 Å². The molecular formula is C32H48O5. The van der Waals surface area contributed by atoms with Crippen molar-refractivity contribution >= 4 is 17.7 Å². The minimum atomic E-state index is -0.360. The van der Waals surface area contributed by atoms with Crippen molar-refractivity contribution in [2.24, 2.45) is 46.3 Å². The number of fused-ring (bicyclic) bond motifs is 4. The van der Waals surface area contributed by atoms with Crippen molar-refractivity contribution < 1.29 is 23.9 Å². The highest BCUT2D eigenvalue weighted by molar-refractivity contribution is 5.99. The summed E-state index contributed by atoms with van der Waals surface area (Å²) in [5.41, 5.74) is 1.71. The van der Waals surface area contributed by atoms with Gasteiger partial charge in [-0.1, -0.05) is 53.7 Å². The lowest BCUT2D eigenvalue weighted by molar-refractivity contribution is -0.154. The average Bonchev–Trinajstić information content (AvgIpc) is 3.13. The molecule has 0 bridgehead atoms. The summed E-state index contributed by atoms with van der Waals surface area (Å²) in [4.78, 5) is 38.1. The number of ketones is 1. The van der Waals surface area contributed by atoms with Gasteiger partial charge in [-0.15, -0.1) is 0 Å². The molecular weight excluding hydrogens is 464 g/mol. The largest absolute Gasteiger partial charge is 0.463 e. The molecule has 0 aromatic rings. The van der Waals surface area contributed by atoms with E-state index in [9.17, 15) is 14.4 Å². The molecule has 4 rings (SSSR count). The van der Waals surface area contributed by atoms with Crippen molar-refractivity contribution in [3.05, 3.63) is 23.3 Å². The molecule has 5 unspecified atom stereocenters. The first-order chi connectivity index (χ1) is 17.3. The first-order valence-electron chi connectivity index (χ1n) is 14.6. The Labute approximate surface area is 223 Å². The molecule has 0 heterocycles. The summed E-state index contributed by atoms with van der Waals surface area (Å²) < 4.78 is 11.6. The van der Waals surface area contributed by atoms with Crippen molar-refractivity contribution in [3.63, 3.8) is 0 Å². The van der Waals surface area contributed by atoms with Gasteiger partial charge in [0.15, 0.2) is 5.78 Å². The Morgan fingerprint density at radius 2 is 1.62 bits per heavy atom. The fourth-order valence-corrected chi connectivity index (χ4v) is 8.49. The van der Waals surface area contributed by atoms with Crippen LogP contribution in [0.3, 0.4) is 0 Å². The van der Waals surface area contributed by atoms with Crippen molar-refractivity contribution in [1.29, 1.82) is 0 Å². The van der Waals surface area contributed by atoms with E-state index >= 15 is 0 Å². The van der Waals surface area contributed by atoms with Crippen molar-refractivity contribution in [2.75, 3.05) is 0 Å². The molecule has 37 heavy (non-hydrogen) atoms. The van der Waals surface area contributed by atoms with Gasteiger partial charge >= 0.3 is 11.9 Å². The van der Waals surface area contributed by atoms with Crippen LogP contribution in [-0.2, 0) is 23.9 Å². The second kappa shape index (κ2) is 10.3. The Morgan fingerprint density at radius 3 is 2.24 bits per heavy atom. The lowest BCUT2D eigenvalue weighted by atomic mass is 9.49. The molecule has 0 aromatic carbocycles. The van der Waals surface area contributed by atoms with E-state index in [1.54, 1.807) is 0 Å². The molecule has 0 amide bonds. The van der Waals surface area contributed by atoms with E-state index in [1.165, 1.54) is 13.8 Å². The fourth-order valence-electron chi connectivity index (χ4n) is 8.49. The molecule has 2 fully saturated rings. The van der Waals surface area contributed by atoms with Gasteiger partial charge in [0.05, 0.1) is 0 Å². The van der Waals surface area contributed by atoms with Crippen LogP contribution in [0.1, 0.15) is 100 Å². The van der Waals surface area contributed by atoms with Gasteiger partial charge in [0.1, 0.15) is 12.2 Å². The molecule has 0 aromatic heterocycles. The van der Waals surface area contributed by atoms with E-state index in [0.717, 1.165) is 43.3 Å². The lowest BCUT2D eigenvalue weighted by Crippen LogP contribution is -2.53. The van der Waals surface area contributed by atoms with E-state index in [4.69, 9.17) is 9.47 Å². The summed E-state index contributed by atoms with van der Waals surface area (Å²) in [5, 5.41) is 0. The number of carbonyl (C=O) groups is 3. The molecule has 206 valence electrons. The number of ether oxygens (including phenoxy) is 2. The summed E-state index contributed by atoms with van der Waals surface area (Å²) >= 11 is 0. The van der Waals surface area contributed by atoms with Crippen LogP contribution in [0.4, 0.5) is 0 Å². The zero-order valence-electron chi connectivity index (χ0n) is 24.3. The van der Waals surface area contributed by atoms with Crippen LogP contribution in [0, 0.1) is 46.3 Å². The first kappa shape index (κ1) is 28.1. The maximum atomic E-state index is 14.1. The third-order valence-electron chi connectivity index (χ3n) is 10.8. The second-order valence-electron chi connectivity index (χ2n) is 13.5. The lowest BCUT2D eigenvalue weighted by Gasteiger charge is -2.55. The average molecular weight is 513 g/mol. The highest BCUT2D eigenvalue weighted by Crippen LogP contribution is 2.65. The van der Waals surface area contributed by atoms with Crippen LogP contribution in [0.25, 0.3) is 0 Å². The standard InChI is InChI=1S/C32H48O5/c1-18(2)19(3)9-10-20(4)25-11-12-26-29-28(37-22(6)34)16-23-15-24(36-21(5)33)13-14-31(23,7)30(29)27(35)17-32(25,26)8/h9-10,18-20,23-26,28H,11-17H2,1-8H3/b10-9+/t19-,20+,23+,24?,25?,26?,28+,31?,32?/m0/s1. The topological polar surface area (TPSA) is 69.7 Å².